The van der Waals surface area contributed by atoms with E-state index in [1.165, 1.54) is 13.1 Å². The van der Waals surface area contributed by atoms with Crippen molar-refractivity contribution in [2.24, 2.45) is 0 Å². The molecule has 0 aromatic heterocycles. The first-order valence-electron chi connectivity index (χ1n) is 6.05. The standard InChI is InChI=1S/C11H23N3O/c1-10-9-11(3-8-15-10)12-14-6-4-13(2)5-7-14/h10-12H,3-9H2,1-2H3. The van der Waals surface area contributed by atoms with Gasteiger partial charge in [-0.2, -0.15) is 0 Å². The number of piperazine rings is 1. The predicted octanol–water partition coefficient (Wildman–Crippen LogP) is 0.306. The van der Waals surface area contributed by atoms with Crippen molar-refractivity contribution in [3.63, 3.8) is 0 Å². The molecule has 2 fully saturated rings. The van der Waals surface area contributed by atoms with Gasteiger partial charge in [0.15, 0.2) is 0 Å². The van der Waals surface area contributed by atoms with Crippen LogP contribution in [0.25, 0.3) is 0 Å². The molecule has 4 nitrogen and oxygen atoms in total. The Bertz CT molecular complexity index is 192. The minimum atomic E-state index is 0.420. The number of rotatable bonds is 2. The molecule has 1 N–H and O–H groups in total. The maximum Gasteiger partial charge on any atom is 0.0562 e. The van der Waals surface area contributed by atoms with Crippen LogP contribution in [0, 0.1) is 0 Å². The third kappa shape index (κ3) is 3.41. The predicted molar refractivity (Wildman–Crippen MR) is 60.6 cm³/mol. The molecular formula is C11H23N3O. The van der Waals surface area contributed by atoms with E-state index in [1.807, 2.05) is 0 Å². The van der Waals surface area contributed by atoms with E-state index in [4.69, 9.17) is 4.74 Å². The molecule has 0 radical (unpaired) electrons. The van der Waals surface area contributed by atoms with Gasteiger partial charge in [0.05, 0.1) is 6.10 Å². The number of likely N-dealkylation sites (N-methyl/N-ethyl adjacent to an activating group) is 1. The average molecular weight is 213 g/mol. The maximum absolute atomic E-state index is 5.55. The minimum Gasteiger partial charge on any atom is -0.378 e. The molecule has 0 aromatic rings. The zero-order valence-corrected chi connectivity index (χ0v) is 9.91. The Morgan fingerprint density at radius 1 is 1.20 bits per heavy atom. The molecule has 2 saturated heterocycles. The van der Waals surface area contributed by atoms with Crippen molar-refractivity contribution in [2.45, 2.75) is 31.9 Å². The second-order valence-corrected chi connectivity index (χ2v) is 4.82. The number of ether oxygens (including phenoxy) is 1. The molecule has 2 aliphatic heterocycles. The summed E-state index contributed by atoms with van der Waals surface area (Å²) in [6.07, 6.45) is 2.71. The Labute approximate surface area is 92.5 Å². The zero-order chi connectivity index (χ0) is 10.7. The Kier molecular flexibility index (Phi) is 3.97. The lowest BCUT2D eigenvalue weighted by Gasteiger charge is -2.37. The zero-order valence-electron chi connectivity index (χ0n) is 9.91. The van der Waals surface area contributed by atoms with E-state index in [9.17, 15) is 0 Å². The summed E-state index contributed by atoms with van der Waals surface area (Å²) in [5.41, 5.74) is 3.64. The third-order valence-corrected chi connectivity index (χ3v) is 3.35. The van der Waals surface area contributed by atoms with Gasteiger partial charge in [-0.1, -0.05) is 0 Å². The van der Waals surface area contributed by atoms with Crippen LogP contribution in [0.5, 0.6) is 0 Å². The van der Waals surface area contributed by atoms with E-state index in [-0.39, 0.29) is 0 Å². The highest BCUT2D eigenvalue weighted by Gasteiger charge is 2.22. The molecule has 0 aliphatic carbocycles. The highest BCUT2D eigenvalue weighted by atomic mass is 16.5. The summed E-state index contributed by atoms with van der Waals surface area (Å²) in [5, 5.41) is 2.38. The van der Waals surface area contributed by atoms with Crippen molar-refractivity contribution in [1.29, 1.82) is 0 Å². The van der Waals surface area contributed by atoms with Gasteiger partial charge in [-0.05, 0) is 26.8 Å². The first-order chi connectivity index (χ1) is 7.24. The van der Waals surface area contributed by atoms with Crippen molar-refractivity contribution in [3.05, 3.63) is 0 Å². The molecule has 0 saturated carbocycles. The highest BCUT2D eigenvalue weighted by Crippen LogP contribution is 2.13. The number of nitrogens with one attached hydrogen (secondary N) is 1. The van der Waals surface area contributed by atoms with Crippen LogP contribution in [0.3, 0.4) is 0 Å². The highest BCUT2D eigenvalue weighted by molar-refractivity contribution is 4.75. The molecule has 2 heterocycles. The van der Waals surface area contributed by atoms with Crippen LogP contribution in [-0.2, 0) is 4.74 Å². The maximum atomic E-state index is 5.55. The van der Waals surface area contributed by atoms with Gasteiger partial charge < -0.3 is 9.64 Å². The third-order valence-electron chi connectivity index (χ3n) is 3.35. The Balaban J connectivity index is 1.71. The Morgan fingerprint density at radius 3 is 2.60 bits per heavy atom. The monoisotopic (exact) mass is 213 g/mol. The lowest BCUT2D eigenvalue weighted by atomic mass is 10.1. The van der Waals surface area contributed by atoms with Crippen LogP contribution in [0.15, 0.2) is 0 Å². The average Bonchev–Trinajstić information content (AvgIpc) is 2.22. The molecule has 0 bridgehead atoms. The minimum absolute atomic E-state index is 0.420. The number of hydrazine groups is 1. The SMILES string of the molecule is CC1CC(NN2CCN(C)CC2)CCO1. The lowest BCUT2D eigenvalue weighted by Crippen LogP contribution is -2.55. The molecule has 2 rings (SSSR count). The van der Waals surface area contributed by atoms with Gasteiger partial charge in [-0.25, -0.2) is 5.01 Å². The van der Waals surface area contributed by atoms with Gasteiger partial charge in [0.25, 0.3) is 0 Å². The molecule has 2 unspecified atom stereocenters. The fourth-order valence-corrected chi connectivity index (χ4v) is 2.31. The van der Waals surface area contributed by atoms with Gasteiger partial charge in [0.2, 0.25) is 0 Å². The molecule has 4 heteroatoms. The number of hydrogen-bond acceptors (Lipinski definition) is 4. The molecule has 0 spiro atoms. The van der Waals surface area contributed by atoms with E-state index >= 15 is 0 Å². The van der Waals surface area contributed by atoms with Gasteiger partial charge in [-0.3, -0.25) is 5.43 Å². The number of nitrogens with zero attached hydrogens (tertiary/aromatic N) is 2. The molecule has 88 valence electrons. The number of hydrogen-bond donors (Lipinski definition) is 1. The van der Waals surface area contributed by atoms with Crippen LogP contribution in [0.4, 0.5) is 0 Å². The summed E-state index contributed by atoms with van der Waals surface area (Å²) in [6, 6.07) is 0.622. The fraction of sp³-hybridized carbons (Fsp3) is 1.00. The van der Waals surface area contributed by atoms with Crippen molar-refractivity contribution in [2.75, 3.05) is 39.8 Å². The van der Waals surface area contributed by atoms with E-state index in [0.29, 0.717) is 12.1 Å². The Morgan fingerprint density at radius 2 is 1.93 bits per heavy atom. The summed E-state index contributed by atoms with van der Waals surface area (Å²) in [4.78, 5) is 2.38. The summed E-state index contributed by atoms with van der Waals surface area (Å²) >= 11 is 0. The van der Waals surface area contributed by atoms with E-state index in [2.05, 4.69) is 29.3 Å². The van der Waals surface area contributed by atoms with Gasteiger partial charge in [0.1, 0.15) is 0 Å². The van der Waals surface area contributed by atoms with Crippen molar-refractivity contribution < 1.29 is 4.74 Å². The van der Waals surface area contributed by atoms with Gasteiger partial charge in [0, 0.05) is 38.8 Å². The van der Waals surface area contributed by atoms with E-state index in [0.717, 1.165) is 32.5 Å². The van der Waals surface area contributed by atoms with E-state index < -0.39 is 0 Å². The first kappa shape index (κ1) is 11.3. The second-order valence-electron chi connectivity index (χ2n) is 4.82. The van der Waals surface area contributed by atoms with Crippen LogP contribution in [-0.4, -0.2) is 61.9 Å². The van der Waals surface area contributed by atoms with Crippen LogP contribution >= 0.6 is 0 Å². The topological polar surface area (TPSA) is 27.7 Å². The molecule has 15 heavy (non-hydrogen) atoms. The van der Waals surface area contributed by atoms with Crippen molar-refractivity contribution in [3.8, 4) is 0 Å². The molecule has 2 atom stereocenters. The summed E-state index contributed by atoms with van der Waals surface area (Å²) in [7, 11) is 2.19. The van der Waals surface area contributed by atoms with Crippen LogP contribution in [0.2, 0.25) is 0 Å². The smallest absolute Gasteiger partial charge is 0.0562 e. The lowest BCUT2D eigenvalue weighted by molar-refractivity contribution is -0.0116. The molecule has 0 aromatic carbocycles. The first-order valence-corrected chi connectivity index (χ1v) is 6.05. The normalized spacial score (nSPS) is 35.6. The summed E-state index contributed by atoms with van der Waals surface area (Å²) in [5.74, 6) is 0. The van der Waals surface area contributed by atoms with Crippen molar-refractivity contribution in [1.82, 2.24) is 15.3 Å². The molecular weight excluding hydrogens is 190 g/mol. The summed E-state index contributed by atoms with van der Waals surface area (Å²) in [6.45, 7) is 7.70. The van der Waals surface area contributed by atoms with Crippen LogP contribution in [0.1, 0.15) is 19.8 Å². The second kappa shape index (κ2) is 5.25. The van der Waals surface area contributed by atoms with E-state index in [1.54, 1.807) is 0 Å². The Hall–Kier alpha value is -0.160. The quantitative estimate of drug-likeness (QED) is 0.714. The molecule has 0 amide bonds. The van der Waals surface area contributed by atoms with Crippen molar-refractivity contribution >= 4 is 0 Å². The fourth-order valence-electron chi connectivity index (χ4n) is 2.31. The van der Waals surface area contributed by atoms with Crippen LogP contribution < -0.4 is 5.43 Å². The van der Waals surface area contributed by atoms with Gasteiger partial charge in [-0.15, -0.1) is 0 Å². The summed E-state index contributed by atoms with van der Waals surface area (Å²) < 4.78 is 5.55. The molecule has 2 aliphatic rings. The van der Waals surface area contributed by atoms with Gasteiger partial charge >= 0.3 is 0 Å². The largest absolute Gasteiger partial charge is 0.378 e.